The summed E-state index contributed by atoms with van der Waals surface area (Å²) >= 11 is 5.95. The number of amides is 1. The molecule has 1 aliphatic heterocycles. The molecular formula is C14H17ClN2O4. The van der Waals surface area contributed by atoms with E-state index >= 15 is 0 Å². The van der Waals surface area contributed by atoms with Crippen molar-refractivity contribution in [3.63, 3.8) is 0 Å². The van der Waals surface area contributed by atoms with Gasteiger partial charge < -0.3 is 14.7 Å². The summed E-state index contributed by atoms with van der Waals surface area (Å²) in [6.07, 6.45) is 0. The summed E-state index contributed by atoms with van der Waals surface area (Å²) in [5.41, 5.74) is 1.05. The summed E-state index contributed by atoms with van der Waals surface area (Å²) in [5.74, 6) is -1.32. The van der Waals surface area contributed by atoms with Crippen LogP contribution in [-0.2, 0) is 9.53 Å². The molecule has 0 spiro atoms. The fourth-order valence-electron chi connectivity index (χ4n) is 2.15. The molecule has 1 aromatic rings. The van der Waals surface area contributed by atoms with Crippen LogP contribution in [-0.4, -0.2) is 52.7 Å². The van der Waals surface area contributed by atoms with Crippen molar-refractivity contribution < 1.29 is 19.4 Å². The molecule has 2 rings (SSSR count). The number of carbonyl (C=O) groups is 2. The summed E-state index contributed by atoms with van der Waals surface area (Å²) in [6, 6.07) is 2.15. The number of aliphatic carboxylic acids is 1. The number of morpholine rings is 1. The standard InChI is InChI=1S/C14H17ClN2O4/c1-8(2)10-5-9(6-12(15)16-10)13(18)17-3-4-21-7-11(17)14(19)20/h5-6,8,11H,3-4,7H2,1-2H3,(H,19,20). The van der Waals surface area contributed by atoms with Crippen LogP contribution in [0.1, 0.15) is 35.8 Å². The maximum absolute atomic E-state index is 12.6. The molecule has 1 amide bonds. The van der Waals surface area contributed by atoms with Gasteiger partial charge in [0.05, 0.1) is 13.2 Å². The van der Waals surface area contributed by atoms with Crippen LogP contribution in [0.25, 0.3) is 0 Å². The minimum absolute atomic E-state index is 0.00305. The van der Waals surface area contributed by atoms with E-state index in [1.807, 2.05) is 13.8 Å². The molecule has 0 aromatic carbocycles. The largest absolute Gasteiger partial charge is 0.480 e. The first-order valence-corrected chi connectivity index (χ1v) is 7.07. The van der Waals surface area contributed by atoms with E-state index in [9.17, 15) is 14.7 Å². The number of carboxylic acids is 1. The second-order valence-electron chi connectivity index (χ2n) is 5.19. The van der Waals surface area contributed by atoms with Gasteiger partial charge in [-0.3, -0.25) is 4.79 Å². The molecule has 0 radical (unpaired) electrons. The van der Waals surface area contributed by atoms with Gasteiger partial charge in [0.25, 0.3) is 5.91 Å². The number of pyridine rings is 1. The van der Waals surface area contributed by atoms with Gasteiger partial charge in [-0.25, -0.2) is 9.78 Å². The SMILES string of the molecule is CC(C)c1cc(C(=O)N2CCOCC2C(=O)O)cc(Cl)n1. The third-order valence-electron chi connectivity index (χ3n) is 3.33. The molecule has 1 atom stereocenters. The van der Waals surface area contributed by atoms with Crippen LogP contribution in [0.2, 0.25) is 5.15 Å². The maximum Gasteiger partial charge on any atom is 0.328 e. The summed E-state index contributed by atoms with van der Waals surface area (Å²) in [4.78, 5) is 29.3. The Labute approximate surface area is 127 Å². The Hall–Kier alpha value is -1.66. The van der Waals surface area contributed by atoms with Gasteiger partial charge in [-0.2, -0.15) is 0 Å². The molecule has 6 nitrogen and oxygen atoms in total. The van der Waals surface area contributed by atoms with E-state index in [4.69, 9.17) is 16.3 Å². The van der Waals surface area contributed by atoms with Crippen molar-refractivity contribution >= 4 is 23.5 Å². The van der Waals surface area contributed by atoms with E-state index in [2.05, 4.69) is 4.98 Å². The third kappa shape index (κ3) is 3.51. The van der Waals surface area contributed by atoms with Crippen molar-refractivity contribution in [1.82, 2.24) is 9.88 Å². The molecule has 0 aliphatic carbocycles. The molecule has 0 saturated carbocycles. The van der Waals surface area contributed by atoms with Crippen LogP contribution in [0.4, 0.5) is 0 Å². The Morgan fingerprint density at radius 1 is 1.48 bits per heavy atom. The quantitative estimate of drug-likeness (QED) is 0.861. The Morgan fingerprint density at radius 3 is 2.81 bits per heavy atom. The lowest BCUT2D eigenvalue weighted by Crippen LogP contribution is -2.52. The van der Waals surface area contributed by atoms with Gasteiger partial charge in [-0.05, 0) is 18.1 Å². The smallest absolute Gasteiger partial charge is 0.328 e. The Kier molecular flexibility index (Phi) is 4.80. The first kappa shape index (κ1) is 15.7. The highest BCUT2D eigenvalue weighted by atomic mass is 35.5. The normalized spacial score (nSPS) is 18.9. The molecule has 1 aliphatic rings. The van der Waals surface area contributed by atoms with E-state index < -0.39 is 12.0 Å². The number of nitrogens with zero attached hydrogens (tertiary/aromatic N) is 2. The number of hydrogen-bond acceptors (Lipinski definition) is 4. The van der Waals surface area contributed by atoms with Crippen molar-refractivity contribution in [3.8, 4) is 0 Å². The minimum Gasteiger partial charge on any atom is -0.480 e. The molecular weight excluding hydrogens is 296 g/mol. The molecule has 1 unspecified atom stereocenters. The van der Waals surface area contributed by atoms with E-state index in [1.54, 1.807) is 6.07 Å². The predicted molar refractivity (Wildman–Crippen MR) is 76.6 cm³/mol. The summed E-state index contributed by atoms with van der Waals surface area (Å²) in [5, 5.41) is 9.42. The fraction of sp³-hybridized carbons (Fsp3) is 0.500. The molecule has 0 bridgehead atoms. The van der Waals surface area contributed by atoms with Gasteiger partial charge >= 0.3 is 5.97 Å². The maximum atomic E-state index is 12.6. The van der Waals surface area contributed by atoms with Crippen LogP contribution in [0.15, 0.2) is 12.1 Å². The lowest BCUT2D eigenvalue weighted by atomic mass is 10.1. The second kappa shape index (κ2) is 6.41. The fourth-order valence-corrected chi connectivity index (χ4v) is 2.37. The monoisotopic (exact) mass is 312 g/mol. The topological polar surface area (TPSA) is 79.7 Å². The molecule has 114 valence electrons. The average molecular weight is 313 g/mol. The molecule has 1 fully saturated rings. The van der Waals surface area contributed by atoms with E-state index in [0.717, 1.165) is 0 Å². The predicted octanol–water partition coefficient (Wildman–Crippen LogP) is 1.78. The van der Waals surface area contributed by atoms with Crippen molar-refractivity contribution in [2.75, 3.05) is 19.8 Å². The number of rotatable bonds is 3. The molecule has 7 heteroatoms. The van der Waals surface area contributed by atoms with Crippen molar-refractivity contribution in [2.45, 2.75) is 25.8 Å². The molecule has 1 N–H and O–H groups in total. The van der Waals surface area contributed by atoms with Gasteiger partial charge in [-0.15, -0.1) is 0 Å². The lowest BCUT2D eigenvalue weighted by Gasteiger charge is -2.33. The van der Waals surface area contributed by atoms with Crippen molar-refractivity contribution in [1.29, 1.82) is 0 Å². The highest BCUT2D eigenvalue weighted by Gasteiger charge is 2.33. The number of aromatic nitrogens is 1. The van der Waals surface area contributed by atoms with Crippen LogP contribution >= 0.6 is 11.6 Å². The molecule has 2 heterocycles. The average Bonchev–Trinajstić information content (AvgIpc) is 2.45. The highest BCUT2D eigenvalue weighted by molar-refractivity contribution is 6.29. The highest BCUT2D eigenvalue weighted by Crippen LogP contribution is 2.20. The van der Waals surface area contributed by atoms with E-state index in [0.29, 0.717) is 17.9 Å². The summed E-state index contributed by atoms with van der Waals surface area (Å²) in [6.45, 7) is 4.46. The van der Waals surface area contributed by atoms with Crippen molar-refractivity contribution in [2.24, 2.45) is 0 Å². The van der Waals surface area contributed by atoms with Crippen LogP contribution < -0.4 is 0 Å². The number of halogens is 1. The van der Waals surface area contributed by atoms with Crippen LogP contribution in [0, 0.1) is 0 Å². The number of hydrogen-bond donors (Lipinski definition) is 1. The Bertz CT molecular complexity index is 562. The minimum atomic E-state index is -1.08. The Balaban J connectivity index is 2.32. The summed E-state index contributed by atoms with van der Waals surface area (Å²) < 4.78 is 5.13. The van der Waals surface area contributed by atoms with Crippen LogP contribution in [0.5, 0.6) is 0 Å². The summed E-state index contributed by atoms with van der Waals surface area (Å²) in [7, 11) is 0. The Morgan fingerprint density at radius 2 is 2.19 bits per heavy atom. The first-order chi connectivity index (χ1) is 9.90. The zero-order valence-corrected chi connectivity index (χ0v) is 12.6. The van der Waals surface area contributed by atoms with Crippen LogP contribution in [0.3, 0.4) is 0 Å². The van der Waals surface area contributed by atoms with Gasteiger partial charge in [0, 0.05) is 17.8 Å². The van der Waals surface area contributed by atoms with Gasteiger partial charge in [-0.1, -0.05) is 25.4 Å². The second-order valence-corrected chi connectivity index (χ2v) is 5.57. The van der Waals surface area contributed by atoms with E-state index in [1.165, 1.54) is 11.0 Å². The van der Waals surface area contributed by atoms with Gasteiger partial charge in [0.2, 0.25) is 0 Å². The third-order valence-corrected chi connectivity index (χ3v) is 3.52. The molecule has 1 aromatic heterocycles. The van der Waals surface area contributed by atoms with E-state index in [-0.39, 0.29) is 30.1 Å². The zero-order chi connectivity index (χ0) is 15.6. The molecule has 21 heavy (non-hydrogen) atoms. The number of ether oxygens (including phenoxy) is 1. The van der Waals surface area contributed by atoms with Gasteiger partial charge in [0.1, 0.15) is 5.15 Å². The number of carboxylic acid groups (broad SMARTS) is 1. The van der Waals surface area contributed by atoms with Gasteiger partial charge in [0.15, 0.2) is 6.04 Å². The lowest BCUT2D eigenvalue weighted by molar-refractivity contribution is -0.147. The number of carbonyl (C=O) groups excluding carboxylic acids is 1. The zero-order valence-electron chi connectivity index (χ0n) is 11.9. The first-order valence-electron chi connectivity index (χ1n) is 6.69. The molecule has 1 saturated heterocycles. The van der Waals surface area contributed by atoms with Crippen molar-refractivity contribution in [3.05, 3.63) is 28.5 Å².